The van der Waals surface area contributed by atoms with E-state index in [1.165, 1.54) is 54.9 Å². The van der Waals surface area contributed by atoms with Crippen LogP contribution in [0.3, 0.4) is 0 Å². The molecule has 0 atom stereocenters. The third-order valence-electron chi connectivity index (χ3n) is 12.4. The second-order valence-electron chi connectivity index (χ2n) is 16.1. The van der Waals surface area contributed by atoms with E-state index in [1.807, 2.05) is 0 Å². The van der Waals surface area contributed by atoms with E-state index in [0.717, 1.165) is 60.9 Å². The van der Waals surface area contributed by atoms with E-state index in [9.17, 15) is 0 Å². The van der Waals surface area contributed by atoms with Crippen molar-refractivity contribution >= 4 is 71.3 Å². The molecule has 0 amide bonds. The maximum Gasteiger partial charge on any atom is 0.143 e. The first kappa shape index (κ1) is 35.7. The summed E-state index contributed by atoms with van der Waals surface area (Å²) in [4.78, 5) is 2.40. The van der Waals surface area contributed by atoms with Gasteiger partial charge in [0.05, 0.1) is 11.1 Å². The Hall–Kier alpha value is -8.20. The molecule has 62 heavy (non-hydrogen) atoms. The van der Waals surface area contributed by atoms with E-state index in [1.54, 1.807) is 0 Å². The summed E-state index contributed by atoms with van der Waals surface area (Å²) in [7, 11) is 0. The molecule has 2 heteroatoms. The molecule has 0 radical (unpaired) electrons. The van der Waals surface area contributed by atoms with Crippen LogP contribution in [0.2, 0.25) is 0 Å². The zero-order chi connectivity index (χ0) is 41.0. The highest BCUT2D eigenvalue weighted by molar-refractivity contribution is 6.23. The Balaban J connectivity index is 1.13. The molecular formula is C60H39NO. The minimum absolute atomic E-state index is 0.849. The van der Waals surface area contributed by atoms with E-state index in [0.29, 0.717) is 0 Å². The number of nitrogens with zero attached hydrogens (tertiary/aromatic N) is 1. The van der Waals surface area contributed by atoms with Gasteiger partial charge >= 0.3 is 0 Å². The standard InChI is InChI=1S/C60H39NO/c1-3-16-40(17-4-1)46-34-47(52-25-12-11-24-51(52)43-20-5-2-6-21-43)36-48(35-46)55-39-56-59-57(28-15-29-58(59)62-60(56)54-27-14-13-26-53(54)55)61(49-32-30-41-18-7-9-22-44(41)37-49)50-33-31-42-19-8-10-23-45(42)38-50/h1-39H. The maximum atomic E-state index is 6.98. The Morgan fingerprint density at radius 3 is 1.47 bits per heavy atom. The molecule has 0 aliphatic rings. The Labute approximate surface area is 360 Å². The molecule has 0 saturated heterocycles. The molecule has 0 fully saturated rings. The summed E-state index contributed by atoms with van der Waals surface area (Å²) < 4.78 is 6.98. The molecule has 1 heterocycles. The van der Waals surface area contributed by atoms with Gasteiger partial charge in [-0.25, -0.2) is 0 Å². The molecule has 0 aliphatic heterocycles. The van der Waals surface area contributed by atoms with Gasteiger partial charge in [-0.15, -0.1) is 0 Å². The normalized spacial score (nSPS) is 11.5. The second kappa shape index (κ2) is 14.8. The van der Waals surface area contributed by atoms with E-state index in [-0.39, 0.29) is 0 Å². The lowest BCUT2D eigenvalue weighted by Crippen LogP contribution is -2.10. The van der Waals surface area contributed by atoms with Crippen LogP contribution in [-0.4, -0.2) is 0 Å². The van der Waals surface area contributed by atoms with Gasteiger partial charge in [0.15, 0.2) is 0 Å². The largest absolute Gasteiger partial charge is 0.455 e. The number of anilines is 3. The fourth-order valence-electron chi connectivity index (χ4n) is 9.45. The molecule has 12 aromatic rings. The average Bonchev–Trinajstić information content (AvgIpc) is 3.74. The monoisotopic (exact) mass is 789 g/mol. The molecule has 0 spiro atoms. The van der Waals surface area contributed by atoms with E-state index in [4.69, 9.17) is 4.42 Å². The number of rotatable bonds is 7. The van der Waals surface area contributed by atoms with Crippen molar-refractivity contribution in [1.29, 1.82) is 0 Å². The highest BCUT2D eigenvalue weighted by Gasteiger charge is 2.23. The highest BCUT2D eigenvalue weighted by atomic mass is 16.3. The van der Waals surface area contributed by atoms with E-state index < -0.39 is 0 Å². The summed E-state index contributed by atoms with van der Waals surface area (Å²) >= 11 is 0. The maximum absolute atomic E-state index is 6.98. The van der Waals surface area contributed by atoms with Gasteiger partial charge in [0.2, 0.25) is 0 Å². The van der Waals surface area contributed by atoms with Gasteiger partial charge in [0, 0.05) is 22.1 Å². The van der Waals surface area contributed by atoms with E-state index in [2.05, 4.69) is 241 Å². The van der Waals surface area contributed by atoms with Crippen LogP contribution in [0, 0.1) is 0 Å². The molecular weight excluding hydrogens is 751 g/mol. The third-order valence-corrected chi connectivity index (χ3v) is 12.4. The number of benzene rings is 11. The van der Waals surface area contributed by atoms with Crippen LogP contribution < -0.4 is 4.90 Å². The predicted octanol–water partition coefficient (Wildman–Crippen LogP) is 17.2. The predicted molar refractivity (Wildman–Crippen MR) is 263 cm³/mol. The number of hydrogen-bond acceptors (Lipinski definition) is 2. The molecule has 2 nitrogen and oxygen atoms in total. The van der Waals surface area contributed by atoms with Crippen LogP contribution in [0.1, 0.15) is 0 Å². The van der Waals surface area contributed by atoms with Gasteiger partial charge in [-0.3, -0.25) is 0 Å². The summed E-state index contributed by atoms with van der Waals surface area (Å²) in [5.74, 6) is 0. The zero-order valence-corrected chi connectivity index (χ0v) is 33.9. The van der Waals surface area contributed by atoms with Gasteiger partial charge in [-0.05, 0) is 132 Å². The smallest absolute Gasteiger partial charge is 0.143 e. The topological polar surface area (TPSA) is 16.4 Å². The zero-order valence-electron chi connectivity index (χ0n) is 33.9. The molecule has 11 aromatic carbocycles. The summed E-state index contributed by atoms with van der Waals surface area (Å²) in [6.07, 6.45) is 0. The SMILES string of the molecule is c1ccc(-c2cc(-c3ccccc3-c3ccccc3)cc(-c3cc4c(oc5cccc(N(c6ccc7ccccc7c6)c6ccc7ccccc7c6)c54)c4ccccc34)c2)cc1. The van der Waals surface area contributed by atoms with Crippen molar-refractivity contribution in [2.24, 2.45) is 0 Å². The van der Waals surface area contributed by atoms with Crippen molar-refractivity contribution in [1.82, 2.24) is 0 Å². The fourth-order valence-corrected chi connectivity index (χ4v) is 9.45. The summed E-state index contributed by atoms with van der Waals surface area (Å²) in [5.41, 5.74) is 14.4. The fraction of sp³-hybridized carbons (Fsp3) is 0. The van der Waals surface area contributed by atoms with Crippen LogP contribution in [0.5, 0.6) is 0 Å². The molecule has 0 N–H and O–H groups in total. The Morgan fingerprint density at radius 1 is 0.290 bits per heavy atom. The van der Waals surface area contributed by atoms with Crippen LogP contribution >= 0.6 is 0 Å². The van der Waals surface area contributed by atoms with Gasteiger partial charge in [0.25, 0.3) is 0 Å². The molecule has 0 saturated carbocycles. The van der Waals surface area contributed by atoms with Gasteiger partial charge in [-0.1, -0.05) is 176 Å². The molecule has 0 aliphatic carbocycles. The lowest BCUT2D eigenvalue weighted by Gasteiger charge is -2.27. The number of hydrogen-bond donors (Lipinski definition) is 0. The van der Waals surface area contributed by atoms with Crippen molar-refractivity contribution in [3.8, 4) is 44.5 Å². The lowest BCUT2D eigenvalue weighted by molar-refractivity contribution is 0.672. The number of furan rings is 1. The van der Waals surface area contributed by atoms with Gasteiger partial charge in [-0.2, -0.15) is 0 Å². The van der Waals surface area contributed by atoms with Crippen molar-refractivity contribution in [3.63, 3.8) is 0 Å². The minimum atomic E-state index is 0.849. The molecule has 12 rings (SSSR count). The average molecular weight is 790 g/mol. The first-order valence-electron chi connectivity index (χ1n) is 21.2. The van der Waals surface area contributed by atoms with Crippen LogP contribution in [-0.2, 0) is 0 Å². The first-order valence-corrected chi connectivity index (χ1v) is 21.2. The van der Waals surface area contributed by atoms with Crippen LogP contribution in [0.4, 0.5) is 17.1 Å². The second-order valence-corrected chi connectivity index (χ2v) is 16.1. The Kier molecular flexibility index (Phi) is 8.53. The van der Waals surface area contributed by atoms with Crippen molar-refractivity contribution in [2.45, 2.75) is 0 Å². The molecule has 0 unspecified atom stereocenters. The van der Waals surface area contributed by atoms with Gasteiger partial charge in [0.1, 0.15) is 11.2 Å². The van der Waals surface area contributed by atoms with Crippen LogP contribution in [0.15, 0.2) is 241 Å². The summed E-state index contributed by atoms with van der Waals surface area (Å²) in [6, 6.07) is 85.6. The highest BCUT2D eigenvalue weighted by Crippen LogP contribution is 2.48. The third kappa shape index (κ3) is 6.12. The van der Waals surface area contributed by atoms with Crippen molar-refractivity contribution in [2.75, 3.05) is 4.90 Å². The van der Waals surface area contributed by atoms with E-state index >= 15 is 0 Å². The quantitative estimate of drug-likeness (QED) is 0.160. The molecule has 1 aromatic heterocycles. The van der Waals surface area contributed by atoms with Crippen molar-refractivity contribution < 1.29 is 4.42 Å². The minimum Gasteiger partial charge on any atom is -0.455 e. The summed E-state index contributed by atoms with van der Waals surface area (Å²) in [5, 5.41) is 9.18. The Bertz CT molecular complexity index is 3560. The molecule has 290 valence electrons. The van der Waals surface area contributed by atoms with Gasteiger partial charge < -0.3 is 9.32 Å². The molecule has 0 bridgehead atoms. The van der Waals surface area contributed by atoms with Crippen LogP contribution in [0.25, 0.3) is 98.8 Å². The number of fused-ring (bicyclic) bond motifs is 7. The Morgan fingerprint density at radius 2 is 0.806 bits per heavy atom. The lowest BCUT2D eigenvalue weighted by atomic mass is 9.88. The first-order chi connectivity index (χ1) is 30.7. The summed E-state index contributed by atoms with van der Waals surface area (Å²) in [6.45, 7) is 0. The van der Waals surface area contributed by atoms with Crippen molar-refractivity contribution in [3.05, 3.63) is 237 Å².